The van der Waals surface area contributed by atoms with Crippen LogP contribution in [0.3, 0.4) is 0 Å². The second kappa shape index (κ2) is 9.99. The van der Waals surface area contributed by atoms with E-state index < -0.39 is 5.91 Å². The molecule has 32 heavy (non-hydrogen) atoms. The van der Waals surface area contributed by atoms with E-state index in [2.05, 4.69) is 17.0 Å². The van der Waals surface area contributed by atoms with Gasteiger partial charge < -0.3 is 30.5 Å². The molecule has 8 nitrogen and oxygen atoms in total. The Balaban J connectivity index is 1.84. The first kappa shape index (κ1) is 23.5. The molecule has 10 heteroatoms. The summed E-state index contributed by atoms with van der Waals surface area (Å²) in [6.07, 6.45) is 1.37. The predicted octanol–water partition coefficient (Wildman–Crippen LogP) is 3.59. The van der Waals surface area contributed by atoms with Crippen molar-refractivity contribution in [1.82, 2.24) is 4.90 Å². The number of likely N-dealkylation sites (tertiary alicyclic amines) is 1. The van der Waals surface area contributed by atoms with E-state index in [0.717, 1.165) is 0 Å². The van der Waals surface area contributed by atoms with Gasteiger partial charge >= 0.3 is 0 Å². The number of hydrogen-bond acceptors (Lipinski definition) is 6. The minimum absolute atomic E-state index is 0.194. The van der Waals surface area contributed by atoms with E-state index in [4.69, 9.17) is 39.0 Å². The number of carbonyl (C=O) groups is 1. The number of allylic oxidation sites excluding steroid dienone is 1. The number of nitrogens with one attached hydrogen (secondary N) is 1. The van der Waals surface area contributed by atoms with Gasteiger partial charge in [0.1, 0.15) is 17.3 Å². The number of anilines is 1. The number of thiocarbonyl (C=S) groups is 1. The Bertz CT molecular complexity index is 1100. The fraction of sp³-hybridized carbons (Fsp3) is 0.227. The average Bonchev–Trinajstić information content (AvgIpc) is 2.75. The third kappa shape index (κ3) is 5.01. The number of nitrogens with zero attached hydrogens (tertiary/aromatic N) is 2. The zero-order valence-corrected chi connectivity index (χ0v) is 19.2. The lowest BCUT2D eigenvalue weighted by molar-refractivity contribution is 0.0482. The van der Waals surface area contributed by atoms with Gasteiger partial charge in [0, 0.05) is 30.8 Å². The van der Waals surface area contributed by atoms with E-state index in [1.807, 2.05) is 4.90 Å². The molecule has 0 saturated carbocycles. The maximum atomic E-state index is 11.8. The first-order valence-corrected chi connectivity index (χ1v) is 10.4. The number of aliphatic hydroxyl groups is 1. The molecule has 0 aliphatic carbocycles. The number of methoxy groups -OCH3 is 1. The van der Waals surface area contributed by atoms with Crippen LogP contribution in [-0.4, -0.2) is 54.0 Å². The van der Waals surface area contributed by atoms with Gasteiger partial charge in [0.05, 0.1) is 35.2 Å². The third-order valence-corrected chi connectivity index (χ3v) is 5.51. The summed E-state index contributed by atoms with van der Waals surface area (Å²) in [5, 5.41) is 13.4. The predicted molar refractivity (Wildman–Crippen MR) is 130 cm³/mol. The van der Waals surface area contributed by atoms with Gasteiger partial charge in [-0.05, 0) is 50.1 Å². The molecule has 2 aromatic carbocycles. The van der Waals surface area contributed by atoms with Gasteiger partial charge in [0.25, 0.3) is 5.91 Å². The highest BCUT2D eigenvalue weighted by molar-refractivity contribution is 7.80. The normalized spacial score (nSPS) is 13.9. The fourth-order valence-electron chi connectivity index (χ4n) is 3.13. The van der Waals surface area contributed by atoms with Gasteiger partial charge in [0.15, 0.2) is 5.11 Å². The van der Waals surface area contributed by atoms with Gasteiger partial charge in [-0.25, -0.2) is 0 Å². The van der Waals surface area contributed by atoms with Crippen LogP contribution in [0.25, 0.3) is 5.76 Å². The lowest BCUT2D eigenvalue weighted by Gasteiger charge is -2.37. The van der Waals surface area contributed by atoms with Crippen molar-refractivity contribution in [1.29, 1.82) is 0 Å². The Hall–Kier alpha value is -3.14. The summed E-state index contributed by atoms with van der Waals surface area (Å²) in [5.74, 6) is 0.548. The average molecular weight is 475 g/mol. The van der Waals surface area contributed by atoms with Crippen LogP contribution in [0.5, 0.6) is 11.5 Å². The lowest BCUT2D eigenvalue weighted by Crippen LogP contribution is -2.54. The summed E-state index contributed by atoms with van der Waals surface area (Å²) in [6.45, 7) is 6.35. The molecule has 3 rings (SSSR count). The summed E-state index contributed by atoms with van der Waals surface area (Å²) >= 11 is 11.7. The number of carbonyl (C=O) groups excluding carboxylic acids is 1. The van der Waals surface area contributed by atoms with E-state index in [0.29, 0.717) is 57.4 Å². The van der Waals surface area contributed by atoms with Crippen molar-refractivity contribution < 1.29 is 19.4 Å². The number of benzene rings is 2. The standard InChI is InChI=1S/C22H23ClN4O4S/c1-4-19(14-8-15(21(24)29)20(30-3)9-18(14)25-2)31-13-5-6-17(16(23)7-13)26-22(32)27-10-12(28)11-27/h4-9,12,28H,2,10-11H2,1,3H3,(H2,24,29)(H,26,32)/b19-4+. The number of halogens is 1. The molecule has 1 aliphatic heterocycles. The number of aliphatic imine (C=N–C) groups is 1. The number of hydrogen-bond donors (Lipinski definition) is 3. The molecular formula is C22H23ClN4O4S. The second-order valence-electron chi connectivity index (χ2n) is 6.98. The summed E-state index contributed by atoms with van der Waals surface area (Å²) in [7, 11) is 1.44. The summed E-state index contributed by atoms with van der Waals surface area (Å²) in [4.78, 5) is 17.7. The van der Waals surface area contributed by atoms with Crippen LogP contribution >= 0.6 is 23.8 Å². The van der Waals surface area contributed by atoms with Crippen LogP contribution in [0.4, 0.5) is 11.4 Å². The van der Waals surface area contributed by atoms with Gasteiger partial charge in [-0.3, -0.25) is 9.79 Å². The number of ether oxygens (including phenoxy) is 2. The second-order valence-corrected chi connectivity index (χ2v) is 7.77. The van der Waals surface area contributed by atoms with Crippen molar-refractivity contribution >= 4 is 58.7 Å². The number of aliphatic hydroxyl groups excluding tert-OH is 1. The van der Waals surface area contributed by atoms with E-state index in [1.165, 1.54) is 7.11 Å². The van der Waals surface area contributed by atoms with Crippen molar-refractivity contribution in [3.8, 4) is 11.5 Å². The molecular weight excluding hydrogens is 452 g/mol. The van der Waals surface area contributed by atoms with Crippen molar-refractivity contribution in [3.63, 3.8) is 0 Å². The zero-order chi connectivity index (χ0) is 23.4. The minimum atomic E-state index is -0.640. The minimum Gasteiger partial charge on any atom is -0.496 e. The number of rotatable bonds is 7. The molecule has 1 amide bonds. The Morgan fingerprint density at radius 2 is 2.09 bits per heavy atom. The van der Waals surface area contributed by atoms with E-state index in [-0.39, 0.29) is 11.7 Å². The van der Waals surface area contributed by atoms with Crippen LogP contribution in [0.2, 0.25) is 5.02 Å². The Kier molecular flexibility index (Phi) is 7.34. The largest absolute Gasteiger partial charge is 0.496 e. The van der Waals surface area contributed by atoms with Crippen molar-refractivity contribution in [2.75, 3.05) is 25.5 Å². The molecule has 1 fully saturated rings. The van der Waals surface area contributed by atoms with Crippen molar-refractivity contribution in [2.45, 2.75) is 13.0 Å². The van der Waals surface area contributed by atoms with Gasteiger partial charge in [0.2, 0.25) is 0 Å². The SMILES string of the molecule is C=Nc1cc(OC)c(C(N)=O)cc1/C(=C\C)Oc1ccc(NC(=S)N2CC(O)C2)c(Cl)c1. The Morgan fingerprint density at radius 3 is 2.62 bits per heavy atom. The Labute approximate surface area is 196 Å². The smallest absolute Gasteiger partial charge is 0.252 e. The monoisotopic (exact) mass is 474 g/mol. The van der Waals surface area contributed by atoms with Gasteiger partial charge in [-0.1, -0.05) is 11.6 Å². The fourth-order valence-corrected chi connectivity index (χ4v) is 3.61. The first-order valence-electron chi connectivity index (χ1n) is 9.64. The molecule has 2 aromatic rings. The summed E-state index contributed by atoms with van der Waals surface area (Å²) < 4.78 is 11.3. The highest BCUT2D eigenvalue weighted by Crippen LogP contribution is 2.36. The number of nitrogens with two attached hydrogens (primary N) is 1. The van der Waals surface area contributed by atoms with Gasteiger partial charge in [-0.2, -0.15) is 0 Å². The maximum Gasteiger partial charge on any atom is 0.252 e. The number of β-amino-alcohol motifs (C(OH)–C–C–N with tert-alkyl or cyclic N) is 1. The molecule has 1 aliphatic rings. The van der Waals surface area contributed by atoms with E-state index in [9.17, 15) is 9.90 Å². The van der Waals surface area contributed by atoms with E-state index in [1.54, 1.807) is 43.3 Å². The van der Waals surface area contributed by atoms with Gasteiger partial charge in [-0.15, -0.1) is 0 Å². The highest BCUT2D eigenvalue weighted by Gasteiger charge is 2.26. The van der Waals surface area contributed by atoms with Crippen molar-refractivity contribution in [3.05, 3.63) is 52.6 Å². The van der Waals surface area contributed by atoms with E-state index >= 15 is 0 Å². The van der Waals surface area contributed by atoms with Crippen LogP contribution in [-0.2, 0) is 0 Å². The highest BCUT2D eigenvalue weighted by atomic mass is 35.5. The van der Waals surface area contributed by atoms with Crippen LogP contribution in [0.1, 0.15) is 22.8 Å². The number of amides is 1. The lowest BCUT2D eigenvalue weighted by atomic mass is 10.0. The van der Waals surface area contributed by atoms with Crippen molar-refractivity contribution in [2.24, 2.45) is 10.7 Å². The molecule has 0 radical (unpaired) electrons. The topological polar surface area (TPSA) is 109 Å². The van der Waals surface area contributed by atoms with Crippen LogP contribution in [0.15, 0.2) is 41.4 Å². The first-order chi connectivity index (χ1) is 15.3. The quantitative estimate of drug-likeness (QED) is 0.319. The zero-order valence-electron chi connectivity index (χ0n) is 17.6. The molecule has 168 valence electrons. The maximum absolute atomic E-state index is 11.8. The molecule has 0 bridgehead atoms. The number of primary amides is 1. The van der Waals surface area contributed by atoms with Crippen LogP contribution in [0, 0.1) is 0 Å². The summed E-state index contributed by atoms with van der Waals surface area (Å²) in [5.41, 5.74) is 7.28. The Morgan fingerprint density at radius 1 is 1.38 bits per heavy atom. The summed E-state index contributed by atoms with van der Waals surface area (Å²) in [6, 6.07) is 8.23. The third-order valence-electron chi connectivity index (χ3n) is 4.84. The molecule has 4 N–H and O–H groups in total. The molecule has 1 heterocycles. The molecule has 1 saturated heterocycles. The molecule has 0 unspecified atom stereocenters. The molecule has 0 aromatic heterocycles. The van der Waals surface area contributed by atoms with Crippen LogP contribution < -0.4 is 20.5 Å². The molecule has 0 atom stereocenters. The molecule has 0 spiro atoms.